The summed E-state index contributed by atoms with van der Waals surface area (Å²) in [6, 6.07) is 0.503. The van der Waals surface area contributed by atoms with Crippen LogP contribution in [-0.2, 0) is 4.79 Å². The second-order valence-corrected chi connectivity index (χ2v) is 6.88. The van der Waals surface area contributed by atoms with Crippen molar-refractivity contribution in [1.82, 2.24) is 20.2 Å². The number of amides is 2. The van der Waals surface area contributed by atoms with E-state index in [2.05, 4.69) is 15.3 Å². The first-order valence-corrected chi connectivity index (χ1v) is 8.51. The fraction of sp³-hybridized carbons (Fsp3) is 0.529. The molecule has 2 aliphatic rings. The van der Waals surface area contributed by atoms with E-state index in [1.54, 1.807) is 13.8 Å². The Labute approximate surface area is 143 Å². The Morgan fingerprint density at radius 1 is 1.44 bits per heavy atom. The van der Waals surface area contributed by atoms with E-state index in [1.165, 1.54) is 6.33 Å². The quantitative estimate of drug-likeness (QED) is 0.862. The Balaban J connectivity index is 1.52. The van der Waals surface area contributed by atoms with Crippen molar-refractivity contribution >= 4 is 22.9 Å². The van der Waals surface area contributed by atoms with Crippen LogP contribution in [0.4, 0.5) is 0 Å². The van der Waals surface area contributed by atoms with Crippen molar-refractivity contribution in [2.45, 2.75) is 45.2 Å². The predicted molar refractivity (Wildman–Crippen MR) is 89.1 cm³/mol. The van der Waals surface area contributed by atoms with Crippen LogP contribution in [0.2, 0.25) is 0 Å². The van der Waals surface area contributed by atoms with Gasteiger partial charge in [0.25, 0.3) is 11.5 Å². The highest BCUT2D eigenvalue weighted by molar-refractivity contribution is 6.06. The van der Waals surface area contributed by atoms with Crippen molar-refractivity contribution in [3.05, 3.63) is 28.0 Å². The molecule has 4 rings (SSSR count). The maximum absolute atomic E-state index is 12.6. The number of aryl methyl sites for hydroxylation is 1. The van der Waals surface area contributed by atoms with Gasteiger partial charge in [0.15, 0.2) is 0 Å². The molecule has 3 atom stereocenters. The molecule has 0 radical (unpaired) electrons. The van der Waals surface area contributed by atoms with E-state index in [0.29, 0.717) is 18.3 Å². The third kappa shape index (κ3) is 2.43. The maximum atomic E-state index is 12.6. The number of furan rings is 1. The molecule has 2 fully saturated rings. The third-order valence-corrected chi connectivity index (χ3v) is 5.45. The van der Waals surface area contributed by atoms with Crippen LogP contribution >= 0.6 is 0 Å². The number of hydrogen-bond donors (Lipinski definition) is 2. The Morgan fingerprint density at radius 3 is 2.96 bits per heavy atom. The largest absolute Gasteiger partial charge is 0.442 e. The van der Waals surface area contributed by atoms with Gasteiger partial charge in [-0.05, 0) is 32.1 Å². The third-order valence-electron chi connectivity index (χ3n) is 5.45. The number of rotatable bonds is 3. The second kappa shape index (κ2) is 5.72. The van der Waals surface area contributed by atoms with Gasteiger partial charge in [-0.2, -0.15) is 0 Å². The summed E-state index contributed by atoms with van der Waals surface area (Å²) >= 11 is 0. The van der Waals surface area contributed by atoms with Gasteiger partial charge in [-0.15, -0.1) is 0 Å². The molecule has 8 nitrogen and oxygen atoms in total. The zero-order chi connectivity index (χ0) is 17.7. The van der Waals surface area contributed by atoms with Gasteiger partial charge in [0.1, 0.15) is 11.1 Å². The number of carbonyl (C=O) groups excluding carboxylic acids is 2. The SMILES string of the molecule is CC(=O)N1[C@@H]2CC[C@H]1[C@H](CNC(=O)c1c(C)oc3nc[nH]c(=O)c13)C2. The molecule has 2 aromatic rings. The average molecular weight is 344 g/mol. The lowest BCUT2D eigenvalue weighted by Crippen LogP contribution is -2.38. The summed E-state index contributed by atoms with van der Waals surface area (Å²) in [5.74, 6) is 0.388. The lowest BCUT2D eigenvalue weighted by molar-refractivity contribution is -0.130. The summed E-state index contributed by atoms with van der Waals surface area (Å²) < 4.78 is 5.43. The Morgan fingerprint density at radius 2 is 2.24 bits per heavy atom. The minimum Gasteiger partial charge on any atom is -0.442 e. The number of hydrogen-bond acceptors (Lipinski definition) is 5. The molecule has 8 heteroatoms. The smallest absolute Gasteiger partial charge is 0.262 e. The summed E-state index contributed by atoms with van der Waals surface area (Å²) in [5.41, 5.74) is -0.000290. The van der Waals surface area contributed by atoms with Gasteiger partial charge in [-0.1, -0.05) is 0 Å². The number of fused-ring (bicyclic) bond motifs is 3. The molecule has 0 aliphatic carbocycles. The molecule has 4 heterocycles. The van der Waals surface area contributed by atoms with Crippen LogP contribution in [0.25, 0.3) is 11.1 Å². The highest BCUT2D eigenvalue weighted by Gasteiger charge is 2.47. The highest BCUT2D eigenvalue weighted by Crippen LogP contribution is 2.41. The van der Waals surface area contributed by atoms with Crippen LogP contribution in [0.5, 0.6) is 0 Å². The minimum absolute atomic E-state index is 0.107. The van der Waals surface area contributed by atoms with Gasteiger partial charge < -0.3 is 19.6 Å². The van der Waals surface area contributed by atoms with Crippen molar-refractivity contribution in [3.63, 3.8) is 0 Å². The fourth-order valence-corrected chi connectivity index (χ4v) is 4.46. The van der Waals surface area contributed by atoms with Crippen LogP contribution in [0.3, 0.4) is 0 Å². The summed E-state index contributed by atoms with van der Waals surface area (Å²) in [4.78, 5) is 44.8. The van der Waals surface area contributed by atoms with Crippen molar-refractivity contribution in [2.75, 3.05) is 6.54 Å². The summed E-state index contributed by atoms with van der Waals surface area (Å²) in [6.07, 6.45) is 4.20. The molecule has 2 aliphatic heterocycles. The highest BCUT2D eigenvalue weighted by atomic mass is 16.3. The van der Waals surface area contributed by atoms with E-state index in [0.717, 1.165) is 19.3 Å². The topological polar surface area (TPSA) is 108 Å². The van der Waals surface area contributed by atoms with Crippen LogP contribution in [0.1, 0.15) is 42.3 Å². The first kappa shape index (κ1) is 15.9. The molecule has 0 aromatic carbocycles. The summed E-state index contributed by atoms with van der Waals surface area (Å²) in [6.45, 7) is 3.73. The maximum Gasteiger partial charge on any atom is 0.262 e. The molecule has 2 saturated heterocycles. The van der Waals surface area contributed by atoms with E-state index in [-0.39, 0.29) is 40.4 Å². The number of carbonyl (C=O) groups is 2. The number of nitrogens with one attached hydrogen (secondary N) is 2. The monoisotopic (exact) mass is 344 g/mol. The number of H-pyrrole nitrogens is 1. The van der Waals surface area contributed by atoms with Crippen molar-refractivity contribution < 1.29 is 14.0 Å². The van der Waals surface area contributed by atoms with E-state index in [1.807, 2.05) is 4.90 Å². The summed E-state index contributed by atoms with van der Waals surface area (Å²) in [5, 5.41) is 3.09. The van der Waals surface area contributed by atoms with Gasteiger partial charge in [-0.3, -0.25) is 14.4 Å². The van der Waals surface area contributed by atoms with Gasteiger partial charge in [0.05, 0.1) is 11.9 Å². The molecule has 0 saturated carbocycles. The molecule has 25 heavy (non-hydrogen) atoms. The fourth-order valence-electron chi connectivity index (χ4n) is 4.46. The minimum atomic E-state index is -0.394. The van der Waals surface area contributed by atoms with Gasteiger partial charge in [-0.25, -0.2) is 4.98 Å². The zero-order valence-corrected chi connectivity index (χ0v) is 14.2. The van der Waals surface area contributed by atoms with Crippen molar-refractivity contribution in [2.24, 2.45) is 5.92 Å². The van der Waals surface area contributed by atoms with Crippen molar-refractivity contribution in [1.29, 1.82) is 0 Å². The van der Waals surface area contributed by atoms with Crippen LogP contribution in [0, 0.1) is 12.8 Å². The average Bonchev–Trinajstić information content (AvgIpc) is 3.22. The van der Waals surface area contributed by atoms with Gasteiger partial charge in [0.2, 0.25) is 11.6 Å². The second-order valence-electron chi connectivity index (χ2n) is 6.88. The molecule has 2 amide bonds. The number of aromatic amines is 1. The molecule has 0 spiro atoms. The van der Waals surface area contributed by atoms with E-state index in [9.17, 15) is 14.4 Å². The lowest BCUT2D eigenvalue weighted by atomic mass is 9.89. The molecule has 2 aromatic heterocycles. The molecular weight excluding hydrogens is 324 g/mol. The lowest BCUT2D eigenvalue weighted by Gasteiger charge is -2.23. The Bertz CT molecular complexity index is 915. The normalized spacial score (nSPS) is 24.9. The van der Waals surface area contributed by atoms with Gasteiger partial charge in [0, 0.05) is 25.6 Å². The Hall–Kier alpha value is -2.64. The number of aromatic nitrogens is 2. The van der Waals surface area contributed by atoms with Crippen LogP contribution in [-0.4, -0.2) is 45.3 Å². The number of nitrogens with zero attached hydrogens (tertiary/aromatic N) is 2. The molecule has 0 unspecified atom stereocenters. The van der Waals surface area contributed by atoms with E-state index >= 15 is 0 Å². The summed E-state index contributed by atoms with van der Waals surface area (Å²) in [7, 11) is 0. The molecule has 2 bridgehead atoms. The van der Waals surface area contributed by atoms with Crippen molar-refractivity contribution in [3.8, 4) is 0 Å². The first-order valence-electron chi connectivity index (χ1n) is 8.51. The predicted octanol–water partition coefficient (Wildman–Crippen LogP) is 0.954. The molecule has 132 valence electrons. The van der Waals surface area contributed by atoms with Gasteiger partial charge >= 0.3 is 0 Å². The first-order chi connectivity index (χ1) is 12.0. The van der Waals surface area contributed by atoms with Crippen LogP contribution < -0.4 is 10.9 Å². The molecular formula is C17H20N4O4. The van der Waals surface area contributed by atoms with E-state index in [4.69, 9.17) is 4.42 Å². The molecule has 2 N–H and O–H groups in total. The standard InChI is InChI=1S/C17H20N4O4/c1-8-13(14-16(24)19-7-20-17(14)25-8)15(23)18-6-10-5-11-3-4-12(10)21(11)9(2)22/h7,10-12H,3-6H2,1-2H3,(H,18,23)(H,19,20,24)/t10-,11+,12-/m0/s1. The Kier molecular flexibility index (Phi) is 3.63. The van der Waals surface area contributed by atoms with E-state index < -0.39 is 5.56 Å². The van der Waals surface area contributed by atoms with Crippen LogP contribution in [0.15, 0.2) is 15.5 Å². The zero-order valence-electron chi connectivity index (χ0n) is 14.2.